The number of benzene rings is 3. The molecule has 3 aromatic carbocycles. The fourth-order valence-electron chi connectivity index (χ4n) is 4.19. The minimum absolute atomic E-state index is 0.0360. The van der Waals surface area contributed by atoms with Gasteiger partial charge < -0.3 is 14.5 Å². The minimum Gasteiger partial charge on any atom is -0.469 e. The Bertz CT molecular complexity index is 1170. The van der Waals surface area contributed by atoms with Gasteiger partial charge in [-0.3, -0.25) is 9.59 Å². The van der Waals surface area contributed by atoms with Crippen molar-refractivity contribution in [3.05, 3.63) is 76.9 Å². The molecule has 0 spiro atoms. The standard InChI is InChI=1S/C25H24F2N2O3/c1-16-18(14-23(30)32-2)13-17-3-4-20(27)15-22(17)24(16)25(31)29-11-9-28(10-12-29)21-7-5-19(26)6-8-21/h3-8,13,15H,9-12,14H2,1-2H3. The lowest BCUT2D eigenvalue weighted by Gasteiger charge is -2.36. The van der Waals surface area contributed by atoms with Gasteiger partial charge in [0.15, 0.2) is 0 Å². The van der Waals surface area contributed by atoms with E-state index in [4.69, 9.17) is 4.74 Å². The van der Waals surface area contributed by atoms with E-state index >= 15 is 0 Å². The van der Waals surface area contributed by atoms with Crippen LogP contribution in [0.3, 0.4) is 0 Å². The van der Waals surface area contributed by atoms with Crippen LogP contribution in [0, 0.1) is 18.6 Å². The van der Waals surface area contributed by atoms with E-state index in [1.165, 1.54) is 31.4 Å². The van der Waals surface area contributed by atoms with Gasteiger partial charge >= 0.3 is 5.97 Å². The molecular weight excluding hydrogens is 414 g/mol. The van der Waals surface area contributed by atoms with Crippen molar-refractivity contribution >= 4 is 28.3 Å². The molecule has 0 atom stereocenters. The molecule has 1 aliphatic rings. The number of esters is 1. The number of fused-ring (bicyclic) bond motifs is 1. The van der Waals surface area contributed by atoms with Gasteiger partial charge in [-0.25, -0.2) is 8.78 Å². The molecule has 1 saturated heterocycles. The highest BCUT2D eigenvalue weighted by atomic mass is 19.1. The monoisotopic (exact) mass is 438 g/mol. The zero-order chi connectivity index (χ0) is 22.8. The summed E-state index contributed by atoms with van der Waals surface area (Å²) in [6, 6.07) is 12.4. The number of carbonyl (C=O) groups is 2. The first-order valence-corrected chi connectivity index (χ1v) is 10.5. The summed E-state index contributed by atoms with van der Waals surface area (Å²) in [6.45, 7) is 3.95. The lowest BCUT2D eigenvalue weighted by atomic mass is 9.92. The van der Waals surface area contributed by atoms with E-state index in [1.807, 2.05) is 6.07 Å². The number of hydrogen-bond donors (Lipinski definition) is 0. The van der Waals surface area contributed by atoms with E-state index in [0.717, 1.165) is 5.69 Å². The first-order chi connectivity index (χ1) is 15.4. The highest BCUT2D eigenvalue weighted by Gasteiger charge is 2.26. The Labute approximate surface area is 185 Å². The van der Waals surface area contributed by atoms with Crippen LogP contribution in [0.4, 0.5) is 14.5 Å². The number of carbonyl (C=O) groups excluding carboxylic acids is 2. The van der Waals surface area contributed by atoms with Crippen LogP contribution < -0.4 is 4.90 Å². The number of halogens is 2. The molecule has 0 aliphatic carbocycles. The highest BCUT2D eigenvalue weighted by molar-refractivity contribution is 6.09. The zero-order valence-electron chi connectivity index (χ0n) is 18.0. The molecule has 166 valence electrons. The summed E-state index contributed by atoms with van der Waals surface area (Å²) >= 11 is 0. The van der Waals surface area contributed by atoms with Crippen LogP contribution in [0.1, 0.15) is 21.5 Å². The quantitative estimate of drug-likeness (QED) is 0.576. The fraction of sp³-hybridized carbons (Fsp3) is 0.280. The third-order valence-corrected chi connectivity index (χ3v) is 6.01. The molecule has 1 heterocycles. The molecule has 0 saturated carbocycles. The predicted molar refractivity (Wildman–Crippen MR) is 119 cm³/mol. The average molecular weight is 438 g/mol. The lowest BCUT2D eigenvalue weighted by Crippen LogP contribution is -2.49. The van der Waals surface area contributed by atoms with Gasteiger partial charge in [-0.2, -0.15) is 0 Å². The topological polar surface area (TPSA) is 49.9 Å². The zero-order valence-corrected chi connectivity index (χ0v) is 18.0. The average Bonchev–Trinajstić information content (AvgIpc) is 2.80. The first-order valence-electron chi connectivity index (χ1n) is 10.5. The number of rotatable bonds is 4. The van der Waals surface area contributed by atoms with Crippen molar-refractivity contribution in [2.24, 2.45) is 0 Å². The van der Waals surface area contributed by atoms with E-state index in [1.54, 1.807) is 30.0 Å². The third-order valence-electron chi connectivity index (χ3n) is 6.01. The van der Waals surface area contributed by atoms with E-state index in [9.17, 15) is 18.4 Å². The number of ether oxygens (including phenoxy) is 1. The maximum atomic E-state index is 14.1. The Hall–Kier alpha value is -3.48. The summed E-state index contributed by atoms with van der Waals surface area (Å²) in [7, 11) is 1.32. The van der Waals surface area contributed by atoms with Crippen molar-refractivity contribution in [1.29, 1.82) is 0 Å². The molecule has 1 amide bonds. The van der Waals surface area contributed by atoms with Gasteiger partial charge in [0, 0.05) is 31.9 Å². The minimum atomic E-state index is -0.423. The molecule has 3 aromatic rings. The molecule has 0 bridgehead atoms. The van der Waals surface area contributed by atoms with Crippen LogP contribution in [0.25, 0.3) is 10.8 Å². The molecule has 32 heavy (non-hydrogen) atoms. The summed E-state index contributed by atoms with van der Waals surface area (Å²) < 4.78 is 32.1. The van der Waals surface area contributed by atoms with Gasteiger partial charge in [0.1, 0.15) is 11.6 Å². The molecule has 5 nitrogen and oxygen atoms in total. The maximum absolute atomic E-state index is 14.1. The van der Waals surface area contributed by atoms with Gasteiger partial charge in [0.2, 0.25) is 0 Å². The lowest BCUT2D eigenvalue weighted by molar-refractivity contribution is -0.139. The molecule has 0 unspecified atom stereocenters. The van der Waals surface area contributed by atoms with Crippen LogP contribution in [0.15, 0.2) is 48.5 Å². The largest absolute Gasteiger partial charge is 0.469 e. The summed E-state index contributed by atoms with van der Waals surface area (Å²) in [5.41, 5.74) is 2.65. The Balaban J connectivity index is 1.64. The van der Waals surface area contributed by atoms with Crippen molar-refractivity contribution in [1.82, 2.24) is 4.90 Å². The molecule has 0 radical (unpaired) electrons. The van der Waals surface area contributed by atoms with Crippen molar-refractivity contribution in [2.45, 2.75) is 13.3 Å². The van der Waals surface area contributed by atoms with Gasteiger partial charge in [0.25, 0.3) is 5.91 Å². The number of amides is 1. The SMILES string of the molecule is COC(=O)Cc1cc2ccc(F)cc2c(C(=O)N2CCN(c3ccc(F)cc3)CC2)c1C. The van der Waals surface area contributed by atoms with Gasteiger partial charge in [-0.15, -0.1) is 0 Å². The highest BCUT2D eigenvalue weighted by Crippen LogP contribution is 2.29. The molecule has 4 rings (SSSR count). The third kappa shape index (κ3) is 4.28. The van der Waals surface area contributed by atoms with Crippen LogP contribution >= 0.6 is 0 Å². The van der Waals surface area contributed by atoms with E-state index in [-0.39, 0.29) is 18.1 Å². The van der Waals surface area contributed by atoms with Crippen molar-refractivity contribution in [3.63, 3.8) is 0 Å². The summed E-state index contributed by atoms with van der Waals surface area (Å²) in [4.78, 5) is 29.3. The molecule has 1 aliphatic heterocycles. The molecule has 0 aromatic heterocycles. The van der Waals surface area contributed by atoms with Crippen LogP contribution in [0.5, 0.6) is 0 Å². The molecule has 7 heteroatoms. The summed E-state index contributed by atoms with van der Waals surface area (Å²) in [5, 5.41) is 1.23. The van der Waals surface area contributed by atoms with Gasteiger partial charge in [-0.1, -0.05) is 12.1 Å². The number of anilines is 1. The van der Waals surface area contributed by atoms with Gasteiger partial charge in [0.05, 0.1) is 19.1 Å². The van der Waals surface area contributed by atoms with E-state index < -0.39 is 11.8 Å². The second kappa shape index (κ2) is 8.94. The number of methoxy groups -OCH3 is 1. The van der Waals surface area contributed by atoms with Crippen molar-refractivity contribution < 1.29 is 23.1 Å². The molecule has 1 fully saturated rings. The smallest absolute Gasteiger partial charge is 0.309 e. The number of nitrogens with zero attached hydrogens (tertiary/aromatic N) is 2. The van der Waals surface area contributed by atoms with Gasteiger partial charge in [-0.05, 0) is 65.2 Å². The van der Waals surface area contributed by atoms with E-state index in [2.05, 4.69) is 4.90 Å². The maximum Gasteiger partial charge on any atom is 0.309 e. The summed E-state index contributed by atoms with van der Waals surface area (Å²) in [6.07, 6.45) is 0.0360. The van der Waals surface area contributed by atoms with Crippen LogP contribution in [-0.2, 0) is 16.0 Å². The fourth-order valence-corrected chi connectivity index (χ4v) is 4.19. The van der Waals surface area contributed by atoms with Crippen molar-refractivity contribution in [2.75, 3.05) is 38.2 Å². The normalized spacial score (nSPS) is 14.0. The second-order valence-electron chi connectivity index (χ2n) is 7.91. The van der Waals surface area contributed by atoms with Crippen molar-refractivity contribution in [3.8, 4) is 0 Å². The van der Waals surface area contributed by atoms with Crippen LogP contribution in [-0.4, -0.2) is 50.1 Å². The predicted octanol–water partition coefficient (Wildman–Crippen LogP) is 4.10. The molecular formula is C25H24F2N2O3. The van der Waals surface area contributed by atoms with Crippen LogP contribution in [0.2, 0.25) is 0 Å². The number of piperazine rings is 1. The van der Waals surface area contributed by atoms with E-state index in [0.29, 0.717) is 53.6 Å². The first kappa shape index (κ1) is 21.7. The Morgan fingerprint density at radius 2 is 1.59 bits per heavy atom. The summed E-state index contributed by atoms with van der Waals surface area (Å²) in [5.74, 6) is -1.30. The number of hydrogen-bond acceptors (Lipinski definition) is 4. The Morgan fingerprint density at radius 3 is 2.25 bits per heavy atom. The Kier molecular flexibility index (Phi) is 6.08. The Morgan fingerprint density at radius 1 is 0.938 bits per heavy atom. The molecule has 0 N–H and O–H groups in total. The second-order valence-corrected chi connectivity index (χ2v) is 7.91.